The zero-order valence-electron chi connectivity index (χ0n) is 11.0. The van der Waals surface area contributed by atoms with Crippen LogP contribution in [0.15, 0.2) is 35.3 Å². The third kappa shape index (κ3) is 4.07. The number of guanidine groups is 1. The van der Waals surface area contributed by atoms with Crippen molar-refractivity contribution in [1.82, 2.24) is 9.80 Å². The molecule has 0 saturated heterocycles. The number of hydrogen-bond acceptors (Lipinski definition) is 2. The van der Waals surface area contributed by atoms with E-state index in [9.17, 15) is 5.11 Å². The van der Waals surface area contributed by atoms with Crippen LogP contribution in [-0.4, -0.2) is 55.6 Å². The Balaban J connectivity index is 2.69. The first-order valence-corrected chi connectivity index (χ1v) is 5.64. The van der Waals surface area contributed by atoms with Gasteiger partial charge >= 0.3 is 0 Å². The number of aliphatic hydroxyl groups excluding tert-OH is 1. The van der Waals surface area contributed by atoms with Gasteiger partial charge in [0.2, 0.25) is 0 Å². The van der Waals surface area contributed by atoms with E-state index in [1.165, 1.54) is 0 Å². The van der Waals surface area contributed by atoms with Gasteiger partial charge in [0.1, 0.15) is 0 Å². The van der Waals surface area contributed by atoms with E-state index in [4.69, 9.17) is 0 Å². The molecule has 0 spiro atoms. The summed E-state index contributed by atoms with van der Waals surface area (Å²) in [6, 6.07) is 9.59. The molecule has 0 amide bonds. The maximum absolute atomic E-state index is 9.99. The molecule has 1 rings (SSSR count). The summed E-state index contributed by atoms with van der Waals surface area (Å²) < 4.78 is 0. The molecule has 0 aliphatic carbocycles. The Morgan fingerprint density at radius 1 is 1.12 bits per heavy atom. The highest BCUT2D eigenvalue weighted by Crippen LogP contribution is 2.12. The molecule has 0 fully saturated rings. The lowest BCUT2D eigenvalue weighted by Crippen LogP contribution is -2.35. The van der Waals surface area contributed by atoms with Crippen LogP contribution in [0.5, 0.6) is 0 Å². The molecule has 1 aromatic carbocycles. The molecule has 4 nitrogen and oxygen atoms in total. The molecule has 4 heteroatoms. The maximum atomic E-state index is 9.99. The lowest BCUT2D eigenvalue weighted by Gasteiger charge is -2.23. The molecule has 17 heavy (non-hydrogen) atoms. The Bertz CT molecular complexity index is 350. The molecule has 94 valence electrons. The van der Waals surface area contributed by atoms with E-state index in [1.54, 1.807) is 0 Å². The SMILES string of the molecule is CN(C)C(=NCC(O)c1ccccc1)N(C)C. The number of nitrogens with zero attached hydrogens (tertiary/aromatic N) is 3. The van der Waals surface area contributed by atoms with Gasteiger partial charge in [0, 0.05) is 28.2 Å². The summed E-state index contributed by atoms with van der Waals surface area (Å²) in [7, 11) is 7.75. The van der Waals surface area contributed by atoms with Gasteiger partial charge in [0.25, 0.3) is 0 Å². The largest absolute Gasteiger partial charge is 0.386 e. The molecule has 0 bridgehead atoms. The highest BCUT2D eigenvalue weighted by atomic mass is 16.3. The predicted molar refractivity (Wildman–Crippen MR) is 71.1 cm³/mol. The smallest absolute Gasteiger partial charge is 0.195 e. The number of aliphatic hydroxyl groups is 1. The molecule has 1 unspecified atom stereocenters. The molecule has 0 saturated carbocycles. The van der Waals surface area contributed by atoms with Crippen LogP contribution in [0.25, 0.3) is 0 Å². The second-order valence-electron chi connectivity index (χ2n) is 4.36. The summed E-state index contributed by atoms with van der Waals surface area (Å²) in [4.78, 5) is 8.27. The van der Waals surface area contributed by atoms with Crippen LogP contribution in [0.3, 0.4) is 0 Å². The van der Waals surface area contributed by atoms with Gasteiger partial charge in [-0.3, -0.25) is 0 Å². The first-order chi connectivity index (χ1) is 8.02. The number of hydrogen-bond donors (Lipinski definition) is 1. The minimum Gasteiger partial charge on any atom is -0.386 e. The summed E-state index contributed by atoms with van der Waals surface area (Å²) in [6.07, 6.45) is -0.550. The minimum absolute atomic E-state index is 0.371. The summed E-state index contributed by atoms with van der Waals surface area (Å²) >= 11 is 0. The molecule has 0 aromatic heterocycles. The van der Waals surface area contributed by atoms with Crippen LogP contribution in [0, 0.1) is 0 Å². The van der Waals surface area contributed by atoms with Gasteiger partial charge in [-0.15, -0.1) is 0 Å². The Morgan fingerprint density at radius 2 is 1.65 bits per heavy atom. The molecule has 1 N–H and O–H groups in total. The zero-order chi connectivity index (χ0) is 12.8. The maximum Gasteiger partial charge on any atom is 0.195 e. The van der Waals surface area contributed by atoms with E-state index in [0.29, 0.717) is 6.54 Å². The zero-order valence-corrected chi connectivity index (χ0v) is 11.0. The highest BCUT2D eigenvalue weighted by Gasteiger charge is 2.08. The quantitative estimate of drug-likeness (QED) is 0.632. The van der Waals surface area contributed by atoms with E-state index in [1.807, 2.05) is 68.3 Å². The minimum atomic E-state index is -0.550. The fraction of sp³-hybridized carbons (Fsp3) is 0.462. The standard InChI is InChI=1S/C13H21N3O/c1-15(2)13(16(3)4)14-10-12(17)11-8-6-5-7-9-11/h5-9,12,17H,10H2,1-4H3. The second-order valence-corrected chi connectivity index (χ2v) is 4.36. The van der Waals surface area contributed by atoms with E-state index >= 15 is 0 Å². The van der Waals surface area contributed by atoms with E-state index in [2.05, 4.69) is 4.99 Å². The summed E-state index contributed by atoms with van der Waals surface area (Å²) in [5.74, 6) is 0.847. The summed E-state index contributed by atoms with van der Waals surface area (Å²) in [5.41, 5.74) is 0.896. The van der Waals surface area contributed by atoms with Crippen LogP contribution < -0.4 is 0 Å². The van der Waals surface area contributed by atoms with Gasteiger partial charge in [0.05, 0.1) is 12.6 Å². The molecule has 0 aliphatic heterocycles. The third-order valence-corrected chi connectivity index (χ3v) is 2.39. The molecule has 0 radical (unpaired) electrons. The van der Waals surface area contributed by atoms with E-state index in [-0.39, 0.29) is 0 Å². The van der Waals surface area contributed by atoms with Gasteiger partial charge in [-0.25, -0.2) is 4.99 Å². The van der Waals surface area contributed by atoms with Gasteiger partial charge in [-0.05, 0) is 5.56 Å². The van der Waals surface area contributed by atoms with Crippen molar-refractivity contribution in [2.75, 3.05) is 34.7 Å². The molecule has 1 aromatic rings. The van der Waals surface area contributed by atoms with Crippen molar-refractivity contribution >= 4 is 5.96 Å². The number of benzene rings is 1. The fourth-order valence-electron chi connectivity index (χ4n) is 1.63. The van der Waals surface area contributed by atoms with Crippen molar-refractivity contribution in [2.45, 2.75) is 6.10 Å². The van der Waals surface area contributed by atoms with Crippen LogP contribution in [0.1, 0.15) is 11.7 Å². The summed E-state index contributed by atoms with van der Waals surface area (Å²) in [5, 5.41) is 9.99. The lowest BCUT2D eigenvalue weighted by atomic mass is 10.1. The van der Waals surface area contributed by atoms with Crippen molar-refractivity contribution in [3.63, 3.8) is 0 Å². The van der Waals surface area contributed by atoms with Crippen molar-refractivity contribution in [2.24, 2.45) is 4.99 Å². The Hall–Kier alpha value is -1.55. The van der Waals surface area contributed by atoms with E-state index in [0.717, 1.165) is 11.5 Å². The van der Waals surface area contributed by atoms with Crippen molar-refractivity contribution in [3.05, 3.63) is 35.9 Å². The number of aliphatic imine (C=N–C) groups is 1. The van der Waals surface area contributed by atoms with Crippen molar-refractivity contribution < 1.29 is 5.11 Å². The molecule has 1 atom stereocenters. The third-order valence-electron chi connectivity index (χ3n) is 2.39. The van der Waals surface area contributed by atoms with Gasteiger partial charge in [-0.1, -0.05) is 30.3 Å². The lowest BCUT2D eigenvalue weighted by molar-refractivity contribution is 0.186. The normalized spacial score (nSPS) is 11.8. The van der Waals surface area contributed by atoms with Crippen LogP contribution in [-0.2, 0) is 0 Å². The van der Waals surface area contributed by atoms with Crippen LogP contribution >= 0.6 is 0 Å². The topological polar surface area (TPSA) is 39.1 Å². The van der Waals surface area contributed by atoms with Gasteiger partial charge in [0.15, 0.2) is 5.96 Å². The van der Waals surface area contributed by atoms with Gasteiger partial charge in [-0.2, -0.15) is 0 Å². The number of rotatable bonds is 3. The van der Waals surface area contributed by atoms with E-state index < -0.39 is 6.10 Å². The Labute approximate surface area is 103 Å². The fourth-order valence-corrected chi connectivity index (χ4v) is 1.63. The highest BCUT2D eigenvalue weighted by molar-refractivity contribution is 5.79. The first-order valence-electron chi connectivity index (χ1n) is 5.64. The first kappa shape index (κ1) is 13.5. The Kier molecular flexibility index (Phi) is 4.97. The van der Waals surface area contributed by atoms with Gasteiger partial charge < -0.3 is 14.9 Å². The molecule has 0 aliphatic rings. The predicted octanol–water partition coefficient (Wildman–Crippen LogP) is 1.20. The summed E-state index contributed by atoms with van der Waals surface area (Å²) in [6.45, 7) is 0.371. The Morgan fingerprint density at radius 3 is 2.12 bits per heavy atom. The monoisotopic (exact) mass is 235 g/mol. The average Bonchev–Trinajstić information content (AvgIpc) is 2.29. The molecule has 0 heterocycles. The molecular weight excluding hydrogens is 214 g/mol. The van der Waals surface area contributed by atoms with Crippen LogP contribution in [0.2, 0.25) is 0 Å². The second kappa shape index (κ2) is 6.25. The van der Waals surface area contributed by atoms with Crippen LogP contribution in [0.4, 0.5) is 0 Å². The van der Waals surface area contributed by atoms with Crippen molar-refractivity contribution in [1.29, 1.82) is 0 Å². The van der Waals surface area contributed by atoms with Crippen molar-refractivity contribution in [3.8, 4) is 0 Å². The molecular formula is C13H21N3O. The average molecular weight is 235 g/mol.